The highest BCUT2D eigenvalue weighted by atomic mass is 16.2. The second-order valence-electron chi connectivity index (χ2n) is 6.31. The SMILES string of the molecule is C=CCNC(=NCC(=O)N(C)C)NCCc1c[nH]c2c(CC)cccc12. The van der Waals surface area contributed by atoms with Crippen molar-refractivity contribution in [2.75, 3.05) is 33.7 Å². The van der Waals surface area contributed by atoms with Gasteiger partial charge in [0.25, 0.3) is 0 Å². The molecule has 0 spiro atoms. The Labute approximate surface area is 155 Å². The molecule has 1 heterocycles. The van der Waals surface area contributed by atoms with Gasteiger partial charge in [-0.1, -0.05) is 31.2 Å². The predicted octanol–water partition coefficient (Wildman–Crippen LogP) is 2.08. The first kappa shape index (κ1) is 19.6. The van der Waals surface area contributed by atoms with Gasteiger partial charge in [-0.25, -0.2) is 4.99 Å². The van der Waals surface area contributed by atoms with Crippen molar-refractivity contribution in [1.82, 2.24) is 20.5 Å². The number of aryl methyl sites for hydroxylation is 1. The van der Waals surface area contributed by atoms with Crippen molar-refractivity contribution in [3.63, 3.8) is 0 Å². The lowest BCUT2D eigenvalue weighted by Crippen LogP contribution is -2.39. The number of benzene rings is 1. The fraction of sp³-hybridized carbons (Fsp3) is 0.400. The molecule has 140 valence electrons. The summed E-state index contributed by atoms with van der Waals surface area (Å²) in [7, 11) is 3.45. The van der Waals surface area contributed by atoms with E-state index in [0.717, 1.165) is 19.4 Å². The van der Waals surface area contributed by atoms with Gasteiger partial charge in [0.1, 0.15) is 6.54 Å². The number of aromatic nitrogens is 1. The van der Waals surface area contributed by atoms with E-state index in [4.69, 9.17) is 0 Å². The van der Waals surface area contributed by atoms with Gasteiger partial charge < -0.3 is 20.5 Å². The van der Waals surface area contributed by atoms with Gasteiger partial charge in [0, 0.05) is 44.3 Å². The molecular weight excluding hydrogens is 326 g/mol. The number of H-pyrrole nitrogens is 1. The van der Waals surface area contributed by atoms with Gasteiger partial charge >= 0.3 is 0 Å². The molecule has 2 rings (SSSR count). The minimum Gasteiger partial charge on any atom is -0.361 e. The normalized spacial score (nSPS) is 11.4. The molecule has 1 amide bonds. The largest absolute Gasteiger partial charge is 0.361 e. The zero-order valence-corrected chi connectivity index (χ0v) is 15.9. The maximum atomic E-state index is 11.7. The van der Waals surface area contributed by atoms with Gasteiger partial charge in [0.2, 0.25) is 5.91 Å². The van der Waals surface area contributed by atoms with Crippen molar-refractivity contribution in [2.45, 2.75) is 19.8 Å². The Morgan fingerprint density at radius 1 is 1.31 bits per heavy atom. The summed E-state index contributed by atoms with van der Waals surface area (Å²) >= 11 is 0. The van der Waals surface area contributed by atoms with E-state index in [1.807, 2.05) is 0 Å². The first-order valence-electron chi connectivity index (χ1n) is 8.97. The van der Waals surface area contributed by atoms with E-state index in [1.165, 1.54) is 26.9 Å². The van der Waals surface area contributed by atoms with E-state index in [2.05, 4.69) is 58.5 Å². The number of carbonyl (C=O) groups is 1. The second-order valence-corrected chi connectivity index (χ2v) is 6.31. The van der Waals surface area contributed by atoms with E-state index in [-0.39, 0.29) is 12.5 Å². The van der Waals surface area contributed by atoms with Crippen molar-refractivity contribution in [2.24, 2.45) is 4.99 Å². The molecule has 0 saturated heterocycles. The number of carbonyl (C=O) groups excluding carboxylic acids is 1. The van der Waals surface area contributed by atoms with Crippen molar-refractivity contribution in [3.8, 4) is 0 Å². The summed E-state index contributed by atoms with van der Waals surface area (Å²) in [5.41, 5.74) is 3.83. The highest BCUT2D eigenvalue weighted by molar-refractivity contribution is 5.86. The van der Waals surface area contributed by atoms with Crippen molar-refractivity contribution in [3.05, 3.63) is 48.2 Å². The third-order valence-electron chi connectivity index (χ3n) is 4.24. The minimum absolute atomic E-state index is 0.0339. The summed E-state index contributed by atoms with van der Waals surface area (Å²) in [6, 6.07) is 6.42. The number of fused-ring (bicyclic) bond motifs is 1. The summed E-state index contributed by atoms with van der Waals surface area (Å²) in [6.07, 6.45) is 5.72. The number of nitrogens with one attached hydrogen (secondary N) is 3. The smallest absolute Gasteiger partial charge is 0.243 e. The van der Waals surface area contributed by atoms with E-state index >= 15 is 0 Å². The summed E-state index contributed by atoms with van der Waals surface area (Å²) in [4.78, 5) is 21.0. The average molecular weight is 355 g/mol. The zero-order chi connectivity index (χ0) is 18.9. The van der Waals surface area contributed by atoms with Crippen molar-refractivity contribution in [1.29, 1.82) is 0 Å². The van der Waals surface area contributed by atoms with Gasteiger partial charge in [-0.3, -0.25) is 4.79 Å². The van der Waals surface area contributed by atoms with Crippen LogP contribution in [0.15, 0.2) is 42.0 Å². The number of nitrogens with zero attached hydrogens (tertiary/aromatic N) is 2. The van der Waals surface area contributed by atoms with Gasteiger partial charge in [0.05, 0.1) is 0 Å². The van der Waals surface area contributed by atoms with Crippen LogP contribution in [0.3, 0.4) is 0 Å². The van der Waals surface area contributed by atoms with Crippen molar-refractivity contribution < 1.29 is 4.79 Å². The van der Waals surface area contributed by atoms with Crippen LogP contribution in [-0.2, 0) is 17.6 Å². The highest BCUT2D eigenvalue weighted by Gasteiger charge is 2.07. The molecule has 0 aliphatic carbocycles. The Hall–Kier alpha value is -2.76. The lowest BCUT2D eigenvalue weighted by atomic mass is 10.1. The molecule has 6 nitrogen and oxygen atoms in total. The van der Waals surface area contributed by atoms with Crippen molar-refractivity contribution >= 4 is 22.8 Å². The Morgan fingerprint density at radius 2 is 2.12 bits per heavy atom. The van der Waals surface area contributed by atoms with E-state index in [9.17, 15) is 4.79 Å². The third kappa shape index (κ3) is 5.12. The molecule has 0 radical (unpaired) electrons. The molecule has 2 aromatic rings. The third-order valence-corrected chi connectivity index (χ3v) is 4.24. The van der Waals surface area contributed by atoms with Crippen LogP contribution < -0.4 is 10.6 Å². The summed E-state index contributed by atoms with van der Waals surface area (Å²) < 4.78 is 0. The fourth-order valence-corrected chi connectivity index (χ4v) is 2.72. The minimum atomic E-state index is -0.0339. The van der Waals surface area contributed by atoms with Crippen LogP contribution in [-0.4, -0.2) is 55.5 Å². The first-order chi connectivity index (χ1) is 12.6. The molecule has 0 unspecified atom stereocenters. The molecule has 0 saturated carbocycles. The Balaban J connectivity index is 1.99. The predicted molar refractivity (Wildman–Crippen MR) is 109 cm³/mol. The molecule has 1 aromatic heterocycles. The lowest BCUT2D eigenvalue weighted by molar-refractivity contribution is -0.127. The Kier molecular flexibility index (Phi) is 7.26. The van der Waals surface area contributed by atoms with E-state index in [0.29, 0.717) is 12.5 Å². The van der Waals surface area contributed by atoms with Gasteiger partial charge in [-0.15, -0.1) is 6.58 Å². The molecule has 0 atom stereocenters. The van der Waals surface area contributed by atoms with Crippen LogP contribution in [0.5, 0.6) is 0 Å². The van der Waals surface area contributed by atoms with Crippen LogP contribution in [0, 0.1) is 0 Å². The number of guanidine groups is 1. The number of aliphatic imine (C=N–C) groups is 1. The molecule has 0 fully saturated rings. The molecule has 3 N–H and O–H groups in total. The zero-order valence-electron chi connectivity index (χ0n) is 15.9. The first-order valence-corrected chi connectivity index (χ1v) is 8.97. The average Bonchev–Trinajstić information content (AvgIpc) is 3.06. The number of rotatable bonds is 8. The number of hydrogen-bond acceptors (Lipinski definition) is 2. The monoisotopic (exact) mass is 355 g/mol. The summed E-state index contributed by atoms with van der Waals surface area (Å²) in [5.74, 6) is 0.586. The number of aromatic amines is 1. The van der Waals surface area contributed by atoms with Gasteiger partial charge in [-0.05, 0) is 24.0 Å². The molecule has 0 bridgehead atoms. The Bertz CT molecular complexity index is 776. The fourth-order valence-electron chi connectivity index (χ4n) is 2.72. The highest BCUT2D eigenvalue weighted by Crippen LogP contribution is 2.22. The maximum Gasteiger partial charge on any atom is 0.243 e. The van der Waals surface area contributed by atoms with E-state index in [1.54, 1.807) is 20.2 Å². The maximum absolute atomic E-state index is 11.7. The topological polar surface area (TPSA) is 72.5 Å². The quantitative estimate of drug-likeness (QED) is 0.386. The summed E-state index contributed by atoms with van der Waals surface area (Å²) in [5, 5.41) is 7.70. The molecule has 1 aromatic carbocycles. The number of amides is 1. The molecule has 0 aliphatic rings. The van der Waals surface area contributed by atoms with Crippen LogP contribution >= 0.6 is 0 Å². The van der Waals surface area contributed by atoms with Crippen LogP contribution in [0.25, 0.3) is 10.9 Å². The van der Waals surface area contributed by atoms with Gasteiger partial charge in [0.15, 0.2) is 5.96 Å². The summed E-state index contributed by atoms with van der Waals surface area (Å²) in [6.45, 7) is 7.30. The van der Waals surface area contributed by atoms with Crippen LogP contribution in [0.2, 0.25) is 0 Å². The molecule has 6 heteroatoms. The van der Waals surface area contributed by atoms with E-state index < -0.39 is 0 Å². The molecule has 0 aliphatic heterocycles. The number of hydrogen-bond donors (Lipinski definition) is 3. The standard InChI is InChI=1S/C20H29N5O/c1-5-11-21-20(24-14-18(26)25(3)4)22-12-10-16-13-23-19-15(6-2)8-7-9-17(16)19/h5,7-9,13,23H,1,6,10-12,14H2,2-4H3,(H2,21,22,24). The number of para-hydroxylation sites is 1. The van der Waals surface area contributed by atoms with Crippen LogP contribution in [0.4, 0.5) is 0 Å². The molecule has 26 heavy (non-hydrogen) atoms. The van der Waals surface area contributed by atoms with Crippen LogP contribution in [0.1, 0.15) is 18.1 Å². The Morgan fingerprint density at radius 3 is 2.81 bits per heavy atom. The lowest BCUT2D eigenvalue weighted by Gasteiger charge is -2.12. The van der Waals surface area contributed by atoms with Gasteiger partial charge in [-0.2, -0.15) is 0 Å². The second kappa shape index (κ2) is 9.65. The molecular formula is C20H29N5O. The number of likely N-dealkylation sites (N-methyl/N-ethyl adjacent to an activating group) is 1.